The van der Waals surface area contributed by atoms with Crippen LogP contribution in [-0.2, 0) is 0 Å². The molecule has 1 heterocycles. The molecule has 0 aliphatic carbocycles. The van der Waals surface area contributed by atoms with E-state index in [4.69, 9.17) is 0 Å². The molecule has 0 unspecified atom stereocenters. The van der Waals surface area contributed by atoms with Crippen molar-refractivity contribution in [1.82, 2.24) is 9.80 Å². The van der Waals surface area contributed by atoms with Gasteiger partial charge in [-0.25, -0.2) is 0 Å². The van der Waals surface area contributed by atoms with Crippen molar-refractivity contribution in [3.05, 3.63) is 0 Å². The lowest BCUT2D eigenvalue weighted by atomic mass is 9.95. The zero-order valence-electron chi connectivity index (χ0n) is 10.5. The first-order valence-corrected chi connectivity index (χ1v) is 6.76. The van der Waals surface area contributed by atoms with Crippen molar-refractivity contribution in [2.24, 2.45) is 5.41 Å². The highest BCUT2D eigenvalue weighted by molar-refractivity contribution is 7.80. The van der Waals surface area contributed by atoms with Crippen molar-refractivity contribution < 1.29 is 0 Å². The van der Waals surface area contributed by atoms with Gasteiger partial charge in [0.05, 0.1) is 0 Å². The average molecular weight is 230 g/mol. The van der Waals surface area contributed by atoms with E-state index in [1.807, 2.05) is 0 Å². The maximum Gasteiger partial charge on any atom is 0.0110 e. The molecule has 1 rings (SSSR count). The lowest BCUT2D eigenvalue weighted by molar-refractivity contribution is 0.104. The molecule has 1 aliphatic rings. The van der Waals surface area contributed by atoms with Gasteiger partial charge >= 0.3 is 0 Å². The van der Waals surface area contributed by atoms with Gasteiger partial charge in [-0.05, 0) is 24.1 Å². The number of nitrogens with zero attached hydrogens (tertiary/aromatic N) is 2. The van der Waals surface area contributed by atoms with Crippen LogP contribution in [0.2, 0.25) is 0 Å². The van der Waals surface area contributed by atoms with Gasteiger partial charge in [0, 0.05) is 32.7 Å². The lowest BCUT2D eigenvalue weighted by Gasteiger charge is -2.38. The van der Waals surface area contributed by atoms with Gasteiger partial charge in [-0.3, -0.25) is 0 Å². The molecule has 1 aliphatic heterocycles. The van der Waals surface area contributed by atoms with E-state index in [0.29, 0.717) is 5.41 Å². The van der Waals surface area contributed by atoms with Gasteiger partial charge in [-0.15, -0.1) is 0 Å². The van der Waals surface area contributed by atoms with Crippen LogP contribution in [0, 0.1) is 5.41 Å². The Kier molecular flexibility index (Phi) is 5.44. The molecule has 3 heteroatoms. The first kappa shape index (κ1) is 13.3. The van der Waals surface area contributed by atoms with Crippen molar-refractivity contribution in [1.29, 1.82) is 0 Å². The summed E-state index contributed by atoms with van der Waals surface area (Å²) in [6.45, 7) is 14.3. The van der Waals surface area contributed by atoms with Crippen LogP contribution in [0.3, 0.4) is 0 Å². The van der Waals surface area contributed by atoms with Crippen LogP contribution in [0.15, 0.2) is 0 Å². The molecule has 0 radical (unpaired) electrons. The van der Waals surface area contributed by atoms with Gasteiger partial charge in [0.25, 0.3) is 0 Å². The Balaban J connectivity index is 2.25. The molecule has 0 aromatic rings. The van der Waals surface area contributed by atoms with Crippen molar-refractivity contribution in [3.8, 4) is 0 Å². The summed E-state index contributed by atoms with van der Waals surface area (Å²) in [5, 5.41) is 0. The van der Waals surface area contributed by atoms with Gasteiger partial charge in [-0.1, -0.05) is 20.8 Å². The van der Waals surface area contributed by atoms with Crippen LogP contribution in [0.1, 0.15) is 27.2 Å². The maximum absolute atomic E-state index is 4.41. The highest BCUT2D eigenvalue weighted by atomic mass is 32.1. The van der Waals surface area contributed by atoms with Gasteiger partial charge in [0.15, 0.2) is 0 Å². The molecule has 0 amide bonds. The van der Waals surface area contributed by atoms with E-state index in [0.717, 1.165) is 5.75 Å². The Morgan fingerprint density at radius 1 is 1.07 bits per heavy atom. The van der Waals surface area contributed by atoms with Crippen LogP contribution < -0.4 is 0 Å². The third kappa shape index (κ3) is 4.75. The van der Waals surface area contributed by atoms with E-state index in [1.54, 1.807) is 0 Å². The SMILES string of the molecule is CCCN1CCN(CC(C)(C)CS)CC1. The first-order chi connectivity index (χ1) is 7.07. The predicted molar refractivity (Wildman–Crippen MR) is 70.8 cm³/mol. The largest absolute Gasteiger partial charge is 0.301 e. The predicted octanol–water partition coefficient (Wildman–Crippen LogP) is 1.97. The van der Waals surface area contributed by atoms with E-state index in [9.17, 15) is 0 Å². The Morgan fingerprint density at radius 2 is 1.60 bits per heavy atom. The molecule has 1 fully saturated rings. The van der Waals surface area contributed by atoms with E-state index in [-0.39, 0.29) is 0 Å². The summed E-state index contributed by atoms with van der Waals surface area (Å²) in [6.07, 6.45) is 1.28. The van der Waals surface area contributed by atoms with Gasteiger partial charge in [-0.2, -0.15) is 12.6 Å². The number of hydrogen-bond donors (Lipinski definition) is 1. The Morgan fingerprint density at radius 3 is 2.07 bits per heavy atom. The summed E-state index contributed by atoms with van der Waals surface area (Å²) in [5.74, 6) is 0.974. The highest BCUT2D eigenvalue weighted by Gasteiger charge is 2.23. The molecule has 0 aromatic heterocycles. The number of thiol groups is 1. The smallest absolute Gasteiger partial charge is 0.0110 e. The fourth-order valence-corrected chi connectivity index (χ4v) is 2.24. The summed E-state index contributed by atoms with van der Waals surface area (Å²) in [6, 6.07) is 0. The molecule has 0 bridgehead atoms. The quantitative estimate of drug-likeness (QED) is 0.722. The normalized spacial score (nSPS) is 20.8. The van der Waals surface area contributed by atoms with Crippen LogP contribution >= 0.6 is 12.6 Å². The molecule has 0 N–H and O–H groups in total. The first-order valence-electron chi connectivity index (χ1n) is 6.13. The second-order valence-electron chi connectivity index (χ2n) is 5.44. The summed E-state index contributed by atoms with van der Waals surface area (Å²) in [4.78, 5) is 5.16. The fraction of sp³-hybridized carbons (Fsp3) is 1.00. The molecule has 0 aromatic carbocycles. The third-order valence-corrected chi connectivity index (χ3v) is 3.94. The monoisotopic (exact) mass is 230 g/mol. The summed E-state index contributed by atoms with van der Waals surface area (Å²) in [7, 11) is 0. The second-order valence-corrected chi connectivity index (χ2v) is 5.76. The van der Waals surface area contributed by atoms with Crippen LogP contribution in [-0.4, -0.2) is 54.8 Å². The topological polar surface area (TPSA) is 6.48 Å². The molecular formula is C12H26N2S. The molecule has 2 nitrogen and oxygen atoms in total. The summed E-state index contributed by atoms with van der Waals surface area (Å²) >= 11 is 4.41. The van der Waals surface area contributed by atoms with Crippen LogP contribution in [0.25, 0.3) is 0 Å². The zero-order chi connectivity index (χ0) is 11.3. The summed E-state index contributed by atoms with van der Waals surface area (Å²) in [5.41, 5.74) is 0.357. The Labute approximate surface area is 100 Å². The molecular weight excluding hydrogens is 204 g/mol. The maximum atomic E-state index is 4.41. The minimum atomic E-state index is 0.357. The van der Waals surface area contributed by atoms with Gasteiger partial charge in [0.1, 0.15) is 0 Å². The van der Waals surface area contributed by atoms with Crippen molar-refractivity contribution in [3.63, 3.8) is 0 Å². The lowest BCUT2D eigenvalue weighted by Crippen LogP contribution is -2.49. The fourth-order valence-electron chi connectivity index (χ4n) is 2.14. The van der Waals surface area contributed by atoms with Crippen LogP contribution in [0.4, 0.5) is 0 Å². The third-order valence-electron chi connectivity index (χ3n) is 3.08. The van der Waals surface area contributed by atoms with Crippen molar-refractivity contribution >= 4 is 12.6 Å². The standard InChI is InChI=1S/C12H26N2S/c1-4-5-13-6-8-14(9-7-13)10-12(2,3)11-15/h15H,4-11H2,1-3H3. The molecule has 0 saturated carbocycles. The molecule has 0 atom stereocenters. The molecule has 0 spiro atoms. The minimum Gasteiger partial charge on any atom is -0.301 e. The van der Waals surface area contributed by atoms with Crippen molar-refractivity contribution in [2.75, 3.05) is 45.0 Å². The Hall–Kier alpha value is 0.270. The second kappa shape index (κ2) is 6.12. The van der Waals surface area contributed by atoms with E-state index in [1.165, 1.54) is 45.7 Å². The van der Waals surface area contributed by atoms with Crippen LogP contribution in [0.5, 0.6) is 0 Å². The molecule has 1 saturated heterocycles. The zero-order valence-corrected chi connectivity index (χ0v) is 11.4. The average Bonchev–Trinajstić information content (AvgIpc) is 2.21. The van der Waals surface area contributed by atoms with E-state index < -0.39 is 0 Å². The number of hydrogen-bond acceptors (Lipinski definition) is 3. The minimum absolute atomic E-state index is 0.357. The van der Waals surface area contributed by atoms with Gasteiger partial charge in [0.2, 0.25) is 0 Å². The van der Waals surface area contributed by atoms with E-state index in [2.05, 4.69) is 43.2 Å². The number of rotatable bonds is 5. The Bertz CT molecular complexity index is 174. The highest BCUT2D eigenvalue weighted by Crippen LogP contribution is 2.19. The van der Waals surface area contributed by atoms with Gasteiger partial charge < -0.3 is 9.80 Å². The summed E-state index contributed by atoms with van der Waals surface area (Å²) < 4.78 is 0. The van der Waals surface area contributed by atoms with Crippen molar-refractivity contribution in [2.45, 2.75) is 27.2 Å². The molecule has 15 heavy (non-hydrogen) atoms. The molecule has 90 valence electrons. The van der Waals surface area contributed by atoms with E-state index >= 15 is 0 Å². The number of piperazine rings is 1.